The molecule has 0 aliphatic rings. The fourth-order valence-electron chi connectivity index (χ4n) is 2.50. The van der Waals surface area contributed by atoms with Gasteiger partial charge in [0.05, 0.1) is 28.3 Å². The first kappa shape index (κ1) is 18.7. The number of carbonyl (C=O) groups is 3. The third-order valence-electron chi connectivity index (χ3n) is 3.56. The van der Waals surface area contributed by atoms with Crippen LogP contribution in [0.3, 0.4) is 0 Å². The first-order chi connectivity index (χ1) is 11.9. The maximum atomic E-state index is 12.5. The summed E-state index contributed by atoms with van der Waals surface area (Å²) < 4.78 is 10.0. The number of rotatable bonds is 6. The van der Waals surface area contributed by atoms with Crippen molar-refractivity contribution in [1.29, 1.82) is 0 Å². The van der Waals surface area contributed by atoms with Crippen LogP contribution in [0.1, 0.15) is 49.4 Å². The van der Waals surface area contributed by atoms with Gasteiger partial charge in [0.15, 0.2) is 6.61 Å². The Labute approximate surface area is 150 Å². The molecule has 1 aromatic carbocycles. The molecule has 0 aliphatic heterocycles. The highest BCUT2D eigenvalue weighted by atomic mass is 35.5. The molecule has 0 spiro atoms. The average Bonchev–Trinajstić information content (AvgIpc) is 2.87. The van der Waals surface area contributed by atoms with Crippen molar-refractivity contribution < 1.29 is 23.9 Å². The van der Waals surface area contributed by atoms with E-state index >= 15 is 0 Å². The molecule has 0 radical (unpaired) electrons. The van der Waals surface area contributed by atoms with E-state index in [-0.39, 0.29) is 28.3 Å². The summed E-state index contributed by atoms with van der Waals surface area (Å²) in [5.74, 6) is -1.79. The molecule has 25 heavy (non-hydrogen) atoms. The summed E-state index contributed by atoms with van der Waals surface area (Å²) in [5.41, 5.74) is 1.54. The molecule has 0 fully saturated rings. The van der Waals surface area contributed by atoms with E-state index in [9.17, 15) is 14.4 Å². The number of aromatic nitrogens is 1. The van der Waals surface area contributed by atoms with E-state index in [1.165, 1.54) is 6.07 Å². The van der Waals surface area contributed by atoms with Crippen molar-refractivity contribution in [2.75, 3.05) is 13.2 Å². The number of esters is 2. The Morgan fingerprint density at radius 2 is 1.64 bits per heavy atom. The quantitative estimate of drug-likeness (QED) is 0.627. The summed E-state index contributed by atoms with van der Waals surface area (Å²) in [6.07, 6.45) is 0. The number of Topliss-reactive ketones (excluding diaryl/α,β-unsaturated/α-hetero) is 1. The number of aromatic amines is 1. The number of ether oxygens (including phenoxy) is 2. The Morgan fingerprint density at radius 1 is 1.00 bits per heavy atom. The molecule has 2 rings (SSSR count). The zero-order chi connectivity index (χ0) is 18.6. The van der Waals surface area contributed by atoms with E-state index in [1.54, 1.807) is 39.0 Å². The molecular formula is C18H18ClNO5. The normalized spacial score (nSPS) is 10.4. The molecule has 6 nitrogen and oxygen atoms in total. The van der Waals surface area contributed by atoms with Gasteiger partial charge in [-0.25, -0.2) is 9.59 Å². The molecule has 0 aliphatic carbocycles. The number of benzene rings is 1. The fraction of sp³-hybridized carbons (Fsp3) is 0.278. The van der Waals surface area contributed by atoms with Gasteiger partial charge in [0.2, 0.25) is 5.78 Å². The zero-order valence-electron chi connectivity index (χ0n) is 14.1. The van der Waals surface area contributed by atoms with Crippen molar-refractivity contribution in [2.24, 2.45) is 0 Å². The summed E-state index contributed by atoms with van der Waals surface area (Å²) in [4.78, 5) is 39.6. The second kappa shape index (κ2) is 7.98. The van der Waals surface area contributed by atoms with Crippen LogP contribution in [0.25, 0.3) is 0 Å². The number of halogens is 1. The van der Waals surface area contributed by atoms with Gasteiger partial charge < -0.3 is 14.5 Å². The number of nitrogens with one attached hydrogen (secondary N) is 1. The maximum absolute atomic E-state index is 12.5. The second-order valence-electron chi connectivity index (χ2n) is 5.32. The molecule has 0 amide bonds. The Bertz CT molecular complexity index is 825. The molecule has 0 saturated heterocycles. The van der Waals surface area contributed by atoms with E-state index in [0.717, 1.165) is 0 Å². The Kier molecular flexibility index (Phi) is 5.98. The van der Waals surface area contributed by atoms with Crippen LogP contribution in [-0.2, 0) is 9.47 Å². The van der Waals surface area contributed by atoms with Crippen molar-refractivity contribution in [3.8, 4) is 0 Å². The SMILES string of the molecule is CCOC(=O)c1c(C)[nH]c(C)c1C(=O)COC(=O)c1ccccc1Cl. The highest BCUT2D eigenvalue weighted by molar-refractivity contribution is 6.33. The van der Waals surface area contributed by atoms with Gasteiger partial charge >= 0.3 is 11.9 Å². The first-order valence-corrected chi connectivity index (χ1v) is 8.05. The summed E-state index contributed by atoms with van der Waals surface area (Å²) >= 11 is 5.93. The smallest absolute Gasteiger partial charge is 0.340 e. The summed E-state index contributed by atoms with van der Waals surface area (Å²) in [5, 5.41) is 0.237. The van der Waals surface area contributed by atoms with Crippen LogP contribution in [0.15, 0.2) is 24.3 Å². The number of hydrogen-bond donors (Lipinski definition) is 1. The minimum absolute atomic E-state index is 0.165. The van der Waals surface area contributed by atoms with Crippen LogP contribution in [0.2, 0.25) is 5.02 Å². The molecule has 7 heteroatoms. The van der Waals surface area contributed by atoms with E-state index in [0.29, 0.717) is 11.4 Å². The molecular weight excluding hydrogens is 346 g/mol. The zero-order valence-corrected chi connectivity index (χ0v) is 14.9. The number of ketones is 1. The Hall–Kier alpha value is -2.60. The van der Waals surface area contributed by atoms with Gasteiger partial charge in [-0.15, -0.1) is 0 Å². The first-order valence-electron chi connectivity index (χ1n) is 7.67. The predicted molar refractivity (Wildman–Crippen MR) is 92.3 cm³/mol. The lowest BCUT2D eigenvalue weighted by molar-refractivity contribution is 0.0472. The average molecular weight is 364 g/mol. The summed E-state index contributed by atoms with van der Waals surface area (Å²) in [6.45, 7) is 4.70. The van der Waals surface area contributed by atoms with Crippen LogP contribution in [0.5, 0.6) is 0 Å². The number of carbonyl (C=O) groups excluding carboxylic acids is 3. The molecule has 0 bridgehead atoms. The van der Waals surface area contributed by atoms with Crippen LogP contribution in [0.4, 0.5) is 0 Å². The largest absolute Gasteiger partial charge is 0.462 e. The molecule has 0 atom stereocenters. The van der Waals surface area contributed by atoms with Gasteiger partial charge in [0.25, 0.3) is 0 Å². The van der Waals surface area contributed by atoms with Crippen molar-refractivity contribution >= 4 is 29.3 Å². The van der Waals surface area contributed by atoms with Crippen molar-refractivity contribution in [3.05, 3.63) is 57.4 Å². The molecule has 1 heterocycles. The number of aryl methyl sites for hydroxylation is 2. The van der Waals surface area contributed by atoms with Gasteiger partial charge in [0.1, 0.15) is 0 Å². The van der Waals surface area contributed by atoms with Crippen molar-refractivity contribution in [2.45, 2.75) is 20.8 Å². The van der Waals surface area contributed by atoms with Crippen LogP contribution < -0.4 is 0 Å². The topological polar surface area (TPSA) is 85.5 Å². The summed E-state index contributed by atoms with van der Waals surface area (Å²) in [6, 6.07) is 6.38. The van der Waals surface area contributed by atoms with E-state index in [2.05, 4.69) is 4.98 Å². The molecule has 1 aromatic heterocycles. The van der Waals surface area contributed by atoms with Crippen LogP contribution in [0, 0.1) is 13.8 Å². The van der Waals surface area contributed by atoms with Gasteiger partial charge in [-0.3, -0.25) is 4.79 Å². The lowest BCUT2D eigenvalue weighted by Gasteiger charge is -2.08. The highest BCUT2D eigenvalue weighted by Gasteiger charge is 2.26. The third-order valence-corrected chi connectivity index (χ3v) is 3.89. The number of H-pyrrole nitrogens is 1. The molecule has 2 aromatic rings. The van der Waals surface area contributed by atoms with Gasteiger partial charge in [0, 0.05) is 11.4 Å². The maximum Gasteiger partial charge on any atom is 0.340 e. The minimum Gasteiger partial charge on any atom is -0.462 e. The van der Waals surface area contributed by atoms with Crippen LogP contribution >= 0.6 is 11.6 Å². The number of hydrogen-bond acceptors (Lipinski definition) is 5. The third kappa shape index (κ3) is 4.09. The lowest BCUT2D eigenvalue weighted by atomic mass is 10.1. The molecule has 0 saturated carbocycles. The highest BCUT2D eigenvalue weighted by Crippen LogP contribution is 2.21. The summed E-state index contributed by atoms with van der Waals surface area (Å²) in [7, 11) is 0. The van der Waals surface area contributed by atoms with Crippen molar-refractivity contribution in [1.82, 2.24) is 4.98 Å². The van der Waals surface area contributed by atoms with Gasteiger partial charge in [-0.1, -0.05) is 23.7 Å². The van der Waals surface area contributed by atoms with Crippen LogP contribution in [-0.4, -0.2) is 35.9 Å². The van der Waals surface area contributed by atoms with Gasteiger partial charge in [-0.2, -0.15) is 0 Å². The lowest BCUT2D eigenvalue weighted by Crippen LogP contribution is -2.18. The predicted octanol–water partition coefficient (Wildman–Crippen LogP) is 3.50. The van der Waals surface area contributed by atoms with Crippen molar-refractivity contribution in [3.63, 3.8) is 0 Å². The van der Waals surface area contributed by atoms with Gasteiger partial charge in [-0.05, 0) is 32.9 Å². The second-order valence-corrected chi connectivity index (χ2v) is 5.73. The minimum atomic E-state index is -0.707. The monoisotopic (exact) mass is 363 g/mol. The Balaban J connectivity index is 2.18. The van der Waals surface area contributed by atoms with E-state index < -0.39 is 24.3 Å². The standard InChI is InChI=1S/C18H18ClNO5/c1-4-24-18(23)16-11(3)20-10(2)15(16)14(21)9-25-17(22)12-7-5-6-8-13(12)19/h5-8,20H,4,9H2,1-3H3. The molecule has 1 N–H and O–H groups in total. The Morgan fingerprint density at radius 3 is 2.28 bits per heavy atom. The fourth-order valence-corrected chi connectivity index (χ4v) is 2.71. The molecule has 132 valence electrons. The molecule has 0 unspecified atom stereocenters. The van der Waals surface area contributed by atoms with E-state index in [4.69, 9.17) is 21.1 Å². The van der Waals surface area contributed by atoms with E-state index in [1.807, 2.05) is 0 Å².